The number of hydrogen-bond acceptors (Lipinski definition) is 11. The number of esters is 3. The Morgan fingerprint density at radius 2 is 1.07 bits per heavy atom. The van der Waals surface area contributed by atoms with Crippen LogP contribution in [0.1, 0.15) is 82.1 Å². The first kappa shape index (κ1) is 45.6. The lowest BCUT2D eigenvalue weighted by Crippen LogP contribution is -2.49. The number of aliphatic carboxylic acids is 1. The fourth-order valence-electron chi connectivity index (χ4n) is 8.36. The Morgan fingerprint density at radius 1 is 0.709 bits per heavy atom. The molecule has 14 heteroatoms. The highest BCUT2D eigenvalue weighted by Crippen LogP contribution is 2.66. The summed E-state index contributed by atoms with van der Waals surface area (Å²) in [6.45, 7) is 27.5. The summed E-state index contributed by atoms with van der Waals surface area (Å²) < 4.78 is 26.5. The average Bonchev–Trinajstić information content (AvgIpc) is 3.53. The average molecular weight is 777 g/mol. The number of likely N-dealkylation sites (tertiary alicyclic amines) is 2. The topological polar surface area (TPSA) is 175 Å². The molecule has 0 bridgehead atoms. The molecule has 4 fully saturated rings. The van der Waals surface area contributed by atoms with E-state index in [4.69, 9.17) is 23.7 Å². The summed E-state index contributed by atoms with van der Waals surface area (Å²) in [6, 6.07) is -1.46. The second-order valence-corrected chi connectivity index (χ2v) is 18.3. The molecule has 2 amide bonds. The van der Waals surface area contributed by atoms with Crippen LogP contribution in [0, 0.1) is 46.3 Å². The maximum absolute atomic E-state index is 13.3. The van der Waals surface area contributed by atoms with Crippen LogP contribution in [0.3, 0.4) is 0 Å². The van der Waals surface area contributed by atoms with Gasteiger partial charge in [0.05, 0.1) is 58.2 Å². The van der Waals surface area contributed by atoms with E-state index in [-0.39, 0.29) is 85.6 Å². The van der Waals surface area contributed by atoms with E-state index in [1.165, 1.54) is 12.0 Å². The second kappa shape index (κ2) is 17.6. The number of amides is 2. The van der Waals surface area contributed by atoms with Crippen molar-refractivity contribution in [3.8, 4) is 0 Å². The van der Waals surface area contributed by atoms with Crippen molar-refractivity contribution in [3.05, 3.63) is 25.3 Å². The van der Waals surface area contributed by atoms with Crippen LogP contribution in [-0.4, -0.2) is 121 Å². The Kier molecular flexibility index (Phi) is 14.6. The molecule has 0 radical (unpaired) electrons. The summed E-state index contributed by atoms with van der Waals surface area (Å²) in [4.78, 5) is 78.0. The third-order valence-corrected chi connectivity index (χ3v) is 11.2. The molecule has 2 saturated heterocycles. The molecule has 8 atom stereocenters. The summed E-state index contributed by atoms with van der Waals surface area (Å²) in [5, 5.41) is 9.66. The minimum Gasteiger partial charge on any atom is -0.480 e. The number of hydrogen-bond donors (Lipinski definition) is 1. The Hall–Kier alpha value is -3.78. The van der Waals surface area contributed by atoms with Gasteiger partial charge in [-0.25, -0.2) is 9.59 Å². The van der Waals surface area contributed by atoms with Gasteiger partial charge in [-0.05, 0) is 64.2 Å². The van der Waals surface area contributed by atoms with Gasteiger partial charge in [-0.15, -0.1) is 13.2 Å². The van der Waals surface area contributed by atoms with Gasteiger partial charge in [0.1, 0.15) is 23.3 Å². The fraction of sp³-hybridized carbons (Fsp3) is 0.756. The normalized spacial score (nSPS) is 26.5. The standard InChI is InChI=1S/C21H33NO6.C20H31NO6/c1-8-9-27-12-13(10-15(23)28-20(2,3)4)18(24)22-11-14-16(21(14,5)6)17(22)19(25)26-7;1-7-8-26-11-12(9-14(22)27-19(2,3)4)17(23)21-10-13-15(20(13,5)6)16(21)18(24)25/h8,13-14,16-17H,1,9-12H2,2-7H3;7,12-13,15-16H,1,8-11H2,2-6H3,(H,24,25)/t13-,14-,16-,17-;12-,13-,15-,16-/m00/s1. The fourth-order valence-corrected chi connectivity index (χ4v) is 8.36. The SMILES string of the molecule is C=CCOC[C@H](CC(=O)OC(C)(C)C)C(=O)N1C[C@H]2[C@@H]([C@H]1C(=O)O)C2(C)C.C=CCOC[C@H](CC(=O)OC(C)(C)C)C(=O)N1C[C@H]2[C@@H]([C@H]1C(=O)OC)C2(C)C. The summed E-state index contributed by atoms with van der Waals surface area (Å²) in [5.41, 5.74) is -1.36. The Labute approximate surface area is 326 Å². The van der Waals surface area contributed by atoms with E-state index in [0.717, 1.165) is 0 Å². The number of piperidine rings is 2. The maximum Gasteiger partial charge on any atom is 0.328 e. The van der Waals surface area contributed by atoms with E-state index in [0.29, 0.717) is 13.1 Å². The number of carbonyl (C=O) groups is 6. The van der Waals surface area contributed by atoms with Crippen molar-refractivity contribution < 1.29 is 57.6 Å². The van der Waals surface area contributed by atoms with Crippen LogP contribution >= 0.6 is 0 Å². The van der Waals surface area contributed by atoms with Crippen LogP contribution < -0.4 is 0 Å². The lowest BCUT2D eigenvalue weighted by Gasteiger charge is -2.32. The lowest BCUT2D eigenvalue weighted by atomic mass is 9.98. The molecule has 0 aromatic heterocycles. The smallest absolute Gasteiger partial charge is 0.328 e. The Morgan fingerprint density at radius 3 is 1.40 bits per heavy atom. The highest BCUT2D eigenvalue weighted by molar-refractivity contribution is 5.90. The van der Waals surface area contributed by atoms with Crippen LogP contribution in [0.5, 0.6) is 0 Å². The predicted molar refractivity (Wildman–Crippen MR) is 202 cm³/mol. The van der Waals surface area contributed by atoms with Crippen molar-refractivity contribution in [2.75, 3.05) is 46.6 Å². The number of nitrogens with zero attached hydrogens (tertiary/aromatic N) is 2. The molecule has 0 aromatic rings. The molecule has 2 aliphatic heterocycles. The minimum atomic E-state index is -0.996. The first-order valence-corrected chi connectivity index (χ1v) is 19.1. The predicted octanol–water partition coefficient (Wildman–Crippen LogP) is 4.30. The van der Waals surface area contributed by atoms with Crippen LogP contribution in [-0.2, 0) is 52.5 Å². The van der Waals surface area contributed by atoms with E-state index in [1.54, 1.807) is 58.6 Å². The summed E-state index contributed by atoms with van der Waals surface area (Å²) in [5.74, 6) is -4.02. The van der Waals surface area contributed by atoms with E-state index in [9.17, 15) is 33.9 Å². The van der Waals surface area contributed by atoms with E-state index in [2.05, 4.69) is 27.0 Å². The number of rotatable bonds is 16. The highest BCUT2D eigenvalue weighted by atomic mass is 16.6. The van der Waals surface area contributed by atoms with Crippen LogP contribution in [0.2, 0.25) is 0 Å². The van der Waals surface area contributed by atoms with Gasteiger partial charge in [-0.2, -0.15) is 0 Å². The third kappa shape index (κ3) is 11.2. The number of ether oxygens (including phenoxy) is 5. The van der Waals surface area contributed by atoms with Gasteiger partial charge in [0.25, 0.3) is 0 Å². The van der Waals surface area contributed by atoms with Gasteiger partial charge in [0, 0.05) is 24.9 Å². The van der Waals surface area contributed by atoms with E-state index < -0.39 is 59.0 Å². The first-order chi connectivity index (χ1) is 25.3. The molecular weight excluding hydrogens is 712 g/mol. The van der Waals surface area contributed by atoms with Gasteiger partial charge >= 0.3 is 23.9 Å². The van der Waals surface area contributed by atoms with Crippen LogP contribution in [0.25, 0.3) is 0 Å². The van der Waals surface area contributed by atoms with Crippen molar-refractivity contribution in [2.45, 2.75) is 105 Å². The van der Waals surface area contributed by atoms with Gasteiger partial charge in [0.15, 0.2) is 0 Å². The van der Waals surface area contributed by atoms with Gasteiger partial charge in [-0.3, -0.25) is 19.2 Å². The number of methoxy groups -OCH3 is 1. The summed E-state index contributed by atoms with van der Waals surface area (Å²) >= 11 is 0. The molecular formula is C41H64N2O12. The zero-order valence-corrected chi connectivity index (χ0v) is 34.7. The van der Waals surface area contributed by atoms with Crippen molar-refractivity contribution in [1.82, 2.24) is 9.80 Å². The van der Waals surface area contributed by atoms with E-state index >= 15 is 0 Å². The zero-order valence-electron chi connectivity index (χ0n) is 34.7. The van der Waals surface area contributed by atoms with Gasteiger partial charge < -0.3 is 38.6 Å². The highest BCUT2D eigenvalue weighted by Gasteiger charge is 2.71. The number of carbonyl (C=O) groups excluding carboxylic acids is 5. The van der Waals surface area contributed by atoms with Gasteiger partial charge in [-0.1, -0.05) is 39.8 Å². The molecule has 310 valence electrons. The van der Waals surface area contributed by atoms with Gasteiger partial charge in [0.2, 0.25) is 11.8 Å². The molecule has 4 aliphatic rings. The molecule has 0 aromatic carbocycles. The lowest BCUT2D eigenvalue weighted by molar-refractivity contribution is -0.162. The second-order valence-electron chi connectivity index (χ2n) is 18.3. The molecule has 1 N–H and O–H groups in total. The summed E-state index contributed by atoms with van der Waals surface area (Å²) in [6.07, 6.45) is 2.90. The quantitative estimate of drug-likeness (QED) is 0.102. The number of fused-ring (bicyclic) bond motifs is 2. The molecule has 2 heterocycles. The number of carboxylic acid groups (broad SMARTS) is 1. The monoisotopic (exact) mass is 776 g/mol. The molecule has 4 rings (SSSR count). The Balaban J connectivity index is 0.000000296. The van der Waals surface area contributed by atoms with Crippen LogP contribution in [0.15, 0.2) is 25.3 Å². The minimum absolute atomic E-state index is 0.00956. The van der Waals surface area contributed by atoms with Crippen molar-refractivity contribution >= 4 is 35.7 Å². The summed E-state index contributed by atoms with van der Waals surface area (Å²) in [7, 11) is 1.33. The molecule has 14 nitrogen and oxygen atoms in total. The Bertz CT molecular complexity index is 1470. The maximum atomic E-state index is 13.3. The largest absolute Gasteiger partial charge is 0.480 e. The molecule has 0 unspecified atom stereocenters. The van der Waals surface area contributed by atoms with Crippen molar-refractivity contribution in [2.24, 2.45) is 46.3 Å². The third-order valence-electron chi connectivity index (χ3n) is 11.2. The van der Waals surface area contributed by atoms with Crippen LogP contribution in [0.4, 0.5) is 0 Å². The zero-order chi connectivity index (χ0) is 41.8. The molecule has 55 heavy (non-hydrogen) atoms. The molecule has 2 aliphatic carbocycles. The number of carboxylic acids is 1. The van der Waals surface area contributed by atoms with Crippen molar-refractivity contribution in [3.63, 3.8) is 0 Å². The first-order valence-electron chi connectivity index (χ1n) is 19.1. The van der Waals surface area contributed by atoms with E-state index in [1.807, 2.05) is 13.8 Å². The van der Waals surface area contributed by atoms with Crippen molar-refractivity contribution in [1.29, 1.82) is 0 Å². The molecule has 2 saturated carbocycles. The molecule has 0 spiro atoms.